The van der Waals surface area contributed by atoms with Crippen LogP contribution < -0.4 is 5.32 Å². The van der Waals surface area contributed by atoms with Crippen LogP contribution in [0.15, 0.2) is 66.7 Å². The highest BCUT2D eigenvalue weighted by atomic mass is 19.1. The summed E-state index contributed by atoms with van der Waals surface area (Å²) in [4.78, 5) is 17.2. The van der Waals surface area contributed by atoms with E-state index in [1.54, 1.807) is 24.3 Å². The first-order chi connectivity index (χ1) is 16.4. The molecule has 0 aromatic heterocycles. The Morgan fingerprint density at radius 2 is 1.44 bits per heavy atom. The van der Waals surface area contributed by atoms with Crippen LogP contribution in [0.5, 0.6) is 0 Å². The number of amides is 1. The number of hydrogen-bond acceptors (Lipinski definition) is 3. The normalized spacial score (nSPS) is 15.3. The molecule has 0 saturated carbocycles. The summed E-state index contributed by atoms with van der Waals surface area (Å²) in [6, 6.07) is 18.9. The number of aryl methyl sites for hydroxylation is 2. The van der Waals surface area contributed by atoms with Crippen molar-refractivity contribution in [2.75, 3.05) is 38.0 Å². The number of carbonyl (C=O) groups excluding carboxylic acids is 1. The van der Waals surface area contributed by atoms with Gasteiger partial charge in [-0.1, -0.05) is 30.3 Å². The van der Waals surface area contributed by atoms with E-state index in [-0.39, 0.29) is 23.6 Å². The summed E-state index contributed by atoms with van der Waals surface area (Å²) in [6.07, 6.45) is 0.899. The van der Waals surface area contributed by atoms with Gasteiger partial charge in [0.05, 0.1) is 12.6 Å². The van der Waals surface area contributed by atoms with Crippen LogP contribution in [-0.4, -0.2) is 48.4 Å². The smallest absolute Gasteiger partial charge is 0.238 e. The lowest BCUT2D eigenvalue weighted by atomic mass is 9.96. The molecule has 1 amide bonds. The van der Waals surface area contributed by atoms with Gasteiger partial charge in [-0.25, -0.2) is 8.78 Å². The predicted molar refractivity (Wildman–Crippen MR) is 132 cm³/mol. The van der Waals surface area contributed by atoms with Gasteiger partial charge < -0.3 is 5.32 Å². The summed E-state index contributed by atoms with van der Waals surface area (Å²) >= 11 is 0. The van der Waals surface area contributed by atoms with Gasteiger partial charge in [0.15, 0.2) is 0 Å². The van der Waals surface area contributed by atoms with E-state index >= 15 is 0 Å². The van der Waals surface area contributed by atoms with Crippen molar-refractivity contribution in [3.8, 4) is 0 Å². The lowest BCUT2D eigenvalue weighted by Crippen LogP contribution is -2.37. The van der Waals surface area contributed by atoms with Crippen molar-refractivity contribution in [1.29, 1.82) is 0 Å². The second kappa shape index (κ2) is 10.9. The molecule has 3 aromatic carbocycles. The number of benzene rings is 3. The molecule has 0 bridgehead atoms. The van der Waals surface area contributed by atoms with Crippen molar-refractivity contribution in [2.24, 2.45) is 0 Å². The summed E-state index contributed by atoms with van der Waals surface area (Å²) in [5.74, 6) is -0.581. The third-order valence-corrected chi connectivity index (χ3v) is 6.52. The number of nitrogens with one attached hydrogen (secondary N) is 1. The average molecular weight is 464 g/mol. The molecule has 1 aliphatic heterocycles. The van der Waals surface area contributed by atoms with Crippen molar-refractivity contribution in [3.05, 3.63) is 101 Å². The van der Waals surface area contributed by atoms with Crippen molar-refractivity contribution >= 4 is 11.6 Å². The average Bonchev–Trinajstić information content (AvgIpc) is 3.04. The molecular formula is C28H31F2N3O. The Morgan fingerprint density at radius 1 is 0.824 bits per heavy atom. The topological polar surface area (TPSA) is 35.6 Å². The van der Waals surface area contributed by atoms with Crippen molar-refractivity contribution in [3.63, 3.8) is 0 Å². The van der Waals surface area contributed by atoms with Gasteiger partial charge in [0.2, 0.25) is 5.91 Å². The van der Waals surface area contributed by atoms with Crippen LogP contribution in [0.2, 0.25) is 0 Å². The molecule has 3 aromatic rings. The van der Waals surface area contributed by atoms with Gasteiger partial charge in [-0.15, -0.1) is 0 Å². The lowest BCUT2D eigenvalue weighted by molar-refractivity contribution is -0.117. The van der Waals surface area contributed by atoms with Gasteiger partial charge in [-0.3, -0.25) is 14.6 Å². The summed E-state index contributed by atoms with van der Waals surface area (Å²) in [5.41, 5.74) is 5.10. The van der Waals surface area contributed by atoms with Crippen LogP contribution in [0.25, 0.3) is 0 Å². The molecule has 34 heavy (non-hydrogen) atoms. The fourth-order valence-corrected chi connectivity index (χ4v) is 4.53. The van der Waals surface area contributed by atoms with Crippen LogP contribution in [0, 0.1) is 25.5 Å². The maximum absolute atomic E-state index is 13.6. The van der Waals surface area contributed by atoms with Crippen LogP contribution in [-0.2, 0) is 4.79 Å². The maximum atomic E-state index is 13.6. The molecule has 178 valence electrons. The fourth-order valence-electron chi connectivity index (χ4n) is 4.53. The van der Waals surface area contributed by atoms with E-state index in [0.29, 0.717) is 6.54 Å². The number of rotatable bonds is 6. The molecular weight excluding hydrogens is 432 g/mol. The van der Waals surface area contributed by atoms with Crippen molar-refractivity contribution < 1.29 is 13.6 Å². The number of anilines is 1. The quantitative estimate of drug-likeness (QED) is 0.538. The van der Waals surface area contributed by atoms with E-state index in [2.05, 4.69) is 22.0 Å². The van der Waals surface area contributed by atoms with Gasteiger partial charge in [-0.05, 0) is 85.5 Å². The Labute approximate surface area is 200 Å². The monoisotopic (exact) mass is 463 g/mol. The van der Waals surface area contributed by atoms with Crippen LogP contribution in [0.3, 0.4) is 0 Å². The summed E-state index contributed by atoms with van der Waals surface area (Å²) in [5, 5.41) is 3.01. The molecule has 1 N–H and O–H groups in total. The molecule has 1 aliphatic rings. The molecule has 0 radical (unpaired) electrons. The first-order valence-corrected chi connectivity index (χ1v) is 11.7. The van der Waals surface area contributed by atoms with Gasteiger partial charge in [0.1, 0.15) is 11.6 Å². The SMILES string of the molecule is Cc1ccc(NC(=O)CN2CCCN(C(c3ccc(F)cc3)c3ccc(F)cc3)CC2)cc1C. The zero-order chi connectivity index (χ0) is 24.1. The molecule has 6 heteroatoms. The standard InChI is InChI=1S/C28H31F2N3O/c1-20-4-13-26(18-21(20)2)31-27(34)19-32-14-3-15-33(17-16-32)28(22-5-9-24(29)10-6-22)23-7-11-25(30)12-8-23/h4-13,18,28H,3,14-17,19H2,1-2H3,(H,31,34). The van der Waals surface area contributed by atoms with E-state index in [9.17, 15) is 13.6 Å². The zero-order valence-corrected chi connectivity index (χ0v) is 19.7. The third kappa shape index (κ3) is 6.07. The minimum Gasteiger partial charge on any atom is -0.325 e. The van der Waals surface area contributed by atoms with Gasteiger partial charge >= 0.3 is 0 Å². The van der Waals surface area contributed by atoms with Crippen LogP contribution in [0.4, 0.5) is 14.5 Å². The maximum Gasteiger partial charge on any atom is 0.238 e. The van der Waals surface area contributed by atoms with Crippen molar-refractivity contribution in [1.82, 2.24) is 9.80 Å². The molecule has 1 fully saturated rings. The molecule has 0 unspecified atom stereocenters. The Kier molecular flexibility index (Phi) is 7.70. The molecule has 0 aliphatic carbocycles. The number of carbonyl (C=O) groups is 1. The fraction of sp³-hybridized carbons (Fsp3) is 0.321. The molecule has 4 nitrogen and oxygen atoms in total. The largest absolute Gasteiger partial charge is 0.325 e. The van der Waals surface area contributed by atoms with Gasteiger partial charge in [-0.2, -0.15) is 0 Å². The highest BCUT2D eigenvalue weighted by Crippen LogP contribution is 2.30. The van der Waals surface area contributed by atoms with E-state index in [4.69, 9.17) is 0 Å². The van der Waals surface area contributed by atoms with Gasteiger partial charge in [0, 0.05) is 25.3 Å². The van der Waals surface area contributed by atoms with Crippen molar-refractivity contribution in [2.45, 2.75) is 26.3 Å². The number of halogens is 2. The minimum absolute atomic E-state index is 0.0228. The number of hydrogen-bond donors (Lipinski definition) is 1. The Hall–Kier alpha value is -3.09. The first-order valence-electron chi connectivity index (χ1n) is 11.7. The highest BCUT2D eigenvalue weighted by Gasteiger charge is 2.26. The molecule has 0 spiro atoms. The molecule has 4 rings (SSSR count). The second-order valence-electron chi connectivity index (χ2n) is 9.02. The van der Waals surface area contributed by atoms with E-state index in [1.807, 2.05) is 25.1 Å². The Balaban J connectivity index is 1.44. The molecule has 0 atom stereocenters. The Morgan fingerprint density at radius 3 is 2.03 bits per heavy atom. The summed E-state index contributed by atoms with van der Waals surface area (Å²) in [6.45, 7) is 7.54. The summed E-state index contributed by atoms with van der Waals surface area (Å²) < 4.78 is 27.2. The predicted octanol–water partition coefficient (Wildman–Crippen LogP) is 5.32. The van der Waals surface area contributed by atoms with E-state index in [0.717, 1.165) is 55.0 Å². The Bertz CT molecular complexity index is 1070. The first kappa shape index (κ1) is 24.0. The highest BCUT2D eigenvalue weighted by molar-refractivity contribution is 5.92. The molecule has 1 heterocycles. The number of nitrogens with zero attached hydrogens (tertiary/aromatic N) is 2. The summed E-state index contributed by atoms with van der Waals surface area (Å²) in [7, 11) is 0. The van der Waals surface area contributed by atoms with Gasteiger partial charge in [0.25, 0.3) is 0 Å². The van der Waals surface area contributed by atoms with E-state index < -0.39 is 0 Å². The second-order valence-corrected chi connectivity index (χ2v) is 9.02. The molecule has 1 saturated heterocycles. The van der Waals surface area contributed by atoms with Crippen LogP contribution in [0.1, 0.15) is 34.7 Å². The zero-order valence-electron chi connectivity index (χ0n) is 19.7. The van der Waals surface area contributed by atoms with Crippen LogP contribution >= 0.6 is 0 Å². The third-order valence-electron chi connectivity index (χ3n) is 6.52. The minimum atomic E-state index is -0.279. The van der Waals surface area contributed by atoms with E-state index in [1.165, 1.54) is 29.8 Å². The lowest BCUT2D eigenvalue weighted by Gasteiger charge is -2.31.